The number of carbonyl (C=O) groups is 1. The summed E-state index contributed by atoms with van der Waals surface area (Å²) in [6, 6.07) is 11.0. The van der Waals surface area contributed by atoms with Crippen molar-refractivity contribution in [3.63, 3.8) is 0 Å². The molecule has 1 atom stereocenters. The average molecular weight is 396 g/mol. The first-order valence-corrected chi connectivity index (χ1v) is 9.73. The first-order chi connectivity index (χ1) is 14.1. The summed E-state index contributed by atoms with van der Waals surface area (Å²) in [6.45, 7) is 5.23. The number of rotatable bonds is 6. The first kappa shape index (κ1) is 19.4. The molecule has 1 aliphatic heterocycles. The summed E-state index contributed by atoms with van der Waals surface area (Å²) in [5.74, 6) is 1.52. The fourth-order valence-corrected chi connectivity index (χ4v) is 3.66. The predicted octanol–water partition coefficient (Wildman–Crippen LogP) is 1.56. The Kier molecular flexibility index (Phi) is 5.73. The van der Waals surface area contributed by atoms with Crippen LogP contribution >= 0.6 is 0 Å². The zero-order valence-corrected chi connectivity index (χ0v) is 16.3. The van der Waals surface area contributed by atoms with Crippen LogP contribution in [0.4, 0.5) is 0 Å². The number of hydrogen-bond acceptors (Lipinski definition) is 6. The summed E-state index contributed by atoms with van der Waals surface area (Å²) in [7, 11) is 0. The maximum Gasteiger partial charge on any atom is 0.272 e. The van der Waals surface area contributed by atoms with E-state index in [1.54, 1.807) is 12.1 Å². The Morgan fingerprint density at radius 2 is 1.97 bits per heavy atom. The van der Waals surface area contributed by atoms with E-state index >= 15 is 0 Å². The summed E-state index contributed by atoms with van der Waals surface area (Å²) in [5, 5.41) is 10.8. The van der Waals surface area contributed by atoms with Crippen LogP contribution in [0.3, 0.4) is 0 Å². The topological polar surface area (TPSA) is 100 Å². The summed E-state index contributed by atoms with van der Waals surface area (Å²) in [5.41, 5.74) is 0.291. The van der Waals surface area contributed by atoms with Crippen LogP contribution in [-0.4, -0.2) is 53.9 Å². The van der Waals surface area contributed by atoms with Gasteiger partial charge >= 0.3 is 0 Å². The van der Waals surface area contributed by atoms with Gasteiger partial charge in [0.25, 0.3) is 5.56 Å². The molecular weight excluding hydrogens is 372 g/mol. The highest BCUT2D eigenvalue weighted by atomic mass is 16.5. The second-order valence-corrected chi connectivity index (χ2v) is 7.14. The molecule has 3 aromatic rings. The van der Waals surface area contributed by atoms with Gasteiger partial charge in [0.2, 0.25) is 5.91 Å². The van der Waals surface area contributed by atoms with Crippen molar-refractivity contribution in [3.8, 4) is 0 Å². The fourth-order valence-electron chi connectivity index (χ4n) is 3.66. The molecule has 3 heterocycles. The third-order valence-electron chi connectivity index (χ3n) is 5.17. The average Bonchev–Trinajstić information content (AvgIpc) is 3.17. The molecule has 0 saturated carbocycles. The van der Waals surface area contributed by atoms with E-state index in [0.29, 0.717) is 36.2 Å². The van der Waals surface area contributed by atoms with Crippen molar-refractivity contribution in [2.75, 3.05) is 32.8 Å². The van der Waals surface area contributed by atoms with Crippen LogP contribution in [-0.2, 0) is 16.0 Å². The number of aromatic amines is 1. The van der Waals surface area contributed by atoms with Gasteiger partial charge in [-0.1, -0.05) is 18.2 Å². The van der Waals surface area contributed by atoms with E-state index in [2.05, 4.69) is 20.4 Å². The van der Waals surface area contributed by atoms with Crippen LogP contribution in [0.1, 0.15) is 23.3 Å². The van der Waals surface area contributed by atoms with Crippen LogP contribution in [0.2, 0.25) is 0 Å². The van der Waals surface area contributed by atoms with Crippen molar-refractivity contribution < 1.29 is 13.9 Å². The standard InChI is InChI=1S/C21H24N4O4/c1-14-6-7-19(29-14)18(25-8-10-28-11-9-25)13-22-20(26)12-17-15-4-2-3-5-16(15)21(27)24-23-17/h2-7,18H,8-13H2,1H3,(H,22,26)(H,24,27)/t18-/m1/s1. The third kappa shape index (κ3) is 4.38. The zero-order chi connectivity index (χ0) is 20.2. The molecule has 0 unspecified atom stereocenters. The summed E-state index contributed by atoms with van der Waals surface area (Å²) >= 11 is 0. The Balaban J connectivity index is 1.47. The normalized spacial score (nSPS) is 16.0. The van der Waals surface area contributed by atoms with Crippen molar-refractivity contribution in [1.29, 1.82) is 0 Å². The van der Waals surface area contributed by atoms with Crippen LogP contribution in [0.15, 0.2) is 45.6 Å². The predicted molar refractivity (Wildman–Crippen MR) is 108 cm³/mol. The summed E-state index contributed by atoms with van der Waals surface area (Å²) < 4.78 is 11.3. The maximum atomic E-state index is 12.6. The van der Waals surface area contributed by atoms with E-state index in [-0.39, 0.29) is 23.9 Å². The number of ether oxygens (including phenoxy) is 1. The second-order valence-electron chi connectivity index (χ2n) is 7.14. The second kappa shape index (κ2) is 8.59. The van der Waals surface area contributed by atoms with Crippen LogP contribution in [0, 0.1) is 6.92 Å². The van der Waals surface area contributed by atoms with Crippen molar-refractivity contribution >= 4 is 16.7 Å². The molecule has 0 aliphatic carbocycles. The fraction of sp³-hybridized carbons (Fsp3) is 0.381. The van der Waals surface area contributed by atoms with Gasteiger partial charge in [-0.15, -0.1) is 0 Å². The first-order valence-electron chi connectivity index (χ1n) is 9.73. The Morgan fingerprint density at radius 3 is 2.69 bits per heavy atom. The van der Waals surface area contributed by atoms with Gasteiger partial charge in [0.15, 0.2) is 0 Å². The maximum absolute atomic E-state index is 12.6. The number of aryl methyl sites for hydroxylation is 1. The van der Waals surface area contributed by atoms with E-state index in [9.17, 15) is 9.59 Å². The quantitative estimate of drug-likeness (QED) is 0.656. The molecule has 2 aromatic heterocycles. The number of hydrogen-bond donors (Lipinski definition) is 2. The molecular formula is C21H24N4O4. The zero-order valence-electron chi connectivity index (χ0n) is 16.3. The molecule has 1 saturated heterocycles. The number of amides is 1. The molecule has 152 valence electrons. The minimum absolute atomic E-state index is 0.0585. The van der Waals surface area contributed by atoms with Crippen LogP contribution in [0.5, 0.6) is 0 Å². The van der Waals surface area contributed by atoms with Gasteiger partial charge in [-0.2, -0.15) is 5.10 Å². The monoisotopic (exact) mass is 396 g/mol. The molecule has 8 nitrogen and oxygen atoms in total. The lowest BCUT2D eigenvalue weighted by Gasteiger charge is -2.33. The smallest absolute Gasteiger partial charge is 0.272 e. The number of fused-ring (bicyclic) bond motifs is 1. The highest BCUT2D eigenvalue weighted by molar-refractivity contribution is 5.88. The van der Waals surface area contributed by atoms with Crippen molar-refractivity contribution in [1.82, 2.24) is 20.4 Å². The van der Waals surface area contributed by atoms with E-state index in [1.165, 1.54) is 0 Å². The Labute approximate surface area is 167 Å². The Bertz CT molecular complexity index is 1050. The molecule has 0 radical (unpaired) electrons. The number of aromatic nitrogens is 2. The van der Waals surface area contributed by atoms with E-state index in [0.717, 1.165) is 24.6 Å². The van der Waals surface area contributed by atoms with Crippen molar-refractivity contribution in [2.45, 2.75) is 19.4 Å². The van der Waals surface area contributed by atoms with Gasteiger partial charge in [0.05, 0.1) is 36.8 Å². The largest absolute Gasteiger partial charge is 0.465 e. The van der Waals surface area contributed by atoms with E-state index in [1.807, 2.05) is 31.2 Å². The summed E-state index contributed by atoms with van der Waals surface area (Å²) in [4.78, 5) is 26.8. The third-order valence-corrected chi connectivity index (χ3v) is 5.17. The number of benzene rings is 1. The molecule has 29 heavy (non-hydrogen) atoms. The minimum Gasteiger partial charge on any atom is -0.465 e. The Hall–Kier alpha value is -2.97. The number of morpholine rings is 1. The highest BCUT2D eigenvalue weighted by Gasteiger charge is 2.26. The molecule has 4 rings (SSSR count). The molecule has 1 aromatic carbocycles. The number of furan rings is 1. The van der Waals surface area contributed by atoms with Gasteiger partial charge in [-0.25, -0.2) is 5.10 Å². The molecule has 8 heteroatoms. The highest BCUT2D eigenvalue weighted by Crippen LogP contribution is 2.23. The lowest BCUT2D eigenvalue weighted by atomic mass is 10.1. The van der Waals surface area contributed by atoms with E-state index < -0.39 is 0 Å². The van der Waals surface area contributed by atoms with Gasteiger partial charge in [-0.05, 0) is 25.1 Å². The lowest BCUT2D eigenvalue weighted by Crippen LogP contribution is -2.44. The molecule has 2 N–H and O–H groups in total. The number of carbonyl (C=O) groups excluding carboxylic acids is 1. The Morgan fingerprint density at radius 1 is 1.21 bits per heavy atom. The van der Waals surface area contributed by atoms with Crippen LogP contribution in [0.25, 0.3) is 10.8 Å². The molecule has 1 amide bonds. The molecule has 1 aliphatic rings. The van der Waals surface area contributed by atoms with E-state index in [4.69, 9.17) is 9.15 Å². The SMILES string of the molecule is Cc1ccc([C@@H](CNC(=O)Cc2n[nH]c(=O)c3ccccc23)N2CCOCC2)o1. The van der Waals surface area contributed by atoms with Gasteiger partial charge < -0.3 is 14.5 Å². The molecule has 1 fully saturated rings. The minimum atomic E-state index is -0.259. The number of H-pyrrole nitrogens is 1. The van der Waals surface area contributed by atoms with Gasteiger partial charge in [0.1, 0.15) is 11.5 Å². The molecule has 0 bridgehead atoms. The molecule has 0 spiro atoms. The number of nitrogens with one attached hydrogen (secondary N) is 2. The van der Waals surface area contributed by atoms with Gasteiger partial charge in [-0.3, -0.25) is 14.5 Å². The van der Waals surface area contributed by atoms with Crippen molar-refractivity contribution in [3.05, 3.63) is 64.0 Å². The van der Waals surface area contributed by atoms with Gasteiger partial charge in [0, 0.05) is 25.0 Å². The lowest BCUT2D eigenvalue weighted by molar-refractivity contribution is -0.120. The number of nitrogens with zero attached hydrogens (tertiary/aromatic N) is 2. The van der Waals surface area contributed by atoms with Crippen molar-refractivity contribution in [2.24, 2.45) is 0 Å². The van der Waals surface area contributed by atoms with Crippen LogP contribution < -0.4 is 10.9 Å². The summed E-state index contributed by atoms with van der Waals surface area (Å²) in [6.07, 6.45) is 0.0876.